The molecule has 1 aliphatic heterocycles. The van der Waals surface area contributed by atoms with Crippen LogP contribution in [0.1, 0.15) is 39.1 Å². The Hall–Kier alpha value is -4.14. The van der Waals surface area contributed by atoms with E-state index in [1.165, 1.54) is 18.2 Å². The minimum atomic E-state index is -0.962. The zero-order chi connectivity index (χ0) is 23.7. The molecule has 0 unspecified atom stereocenters. The Balaban J connectivity index is 1.74. The third-order valence-corrected chi connectivity index (χ3v) is 5.96. The minimum absolute atomic E-state index is 0.291. The number of nitrogens with zero attached hydrogens (tertiary/aromatic N) is 3. The number of hydrazine groups is 1. The lowest BCUT2D eigenvalue weighted by atomic mass is 9.85. The summed E-state index contributed by atoms with van der Waals surface area (Å²) in [4.78, 5) is 63.6. The van der Waals surface area contributed by atoms with Crippen molar-refractivity contribution in [2.45, 2.75) is 19.8 Å². The van der Waals surface area contributed by atoms with Crippen LogP contribution in [0.4, 0.5) is 5.69 Å². The molecule has 0 bridgehead atoms. The maximum absolute atomic E-state index is 13.5. The van der Waals surface area contributed by atoms with Gasteiger partial charge in [-0.05, 0) is 25.8 Å². The Morgan fingerprint density at radius 1 is 1.00 bits per heavy atom. The summed E-state index contributed by atoms with van der Waals surface area (Å²) in [7, 11) is 0. The smallest absolute Gasteiger partial charge is 0.282 e. The highest BCUT2D eigenvalue weighted by molar-refractivity contribution is 6.10. The quantitative estimate of drug-likeness (QED) is 0.221. The molecule has 9 nitrogen and oxygen atoms in total. The van der Waals surface area contributed by atoms with E-state index in [9.17, 15) is 29.3 Å². The number of hydrogen-bond acceptors (Lipinski definition) is 6. The van der Waals surface area contributed by atoms with Crippen LogP contribution >= 0.6 is 0 Å². The predicted molar refractivity (Wildman–Crippen MR) is 117 cm³/mol. The largest absolute Gasteiger partial charge is 0.292 e. The number of aryl methyl sites for hydroxylation is 1. The van der Waals surface area contributed by atoms with Crippen molar-refractivity contribution < 1.29 is 24.1 Å². The van der Waals surface area contributed by atoms with Crippen LogP contribution in [0.25, 0.3) is 0 Å². The topological polar surface area (TPSA) is 118 Å². The molecule has 1 saturated heterocycles. The molecule has 0 saturated carbocycles. The van der Waals surface area contributed by atoms with Gasteiger partial charge in [0.15, 0.2) is 5.78 Å². The highest BCUT2D eigenvalue weighted by atomic mass is 16.6. The highest BCUT2D eigenvalue weighted by Crippen LogP contribution is 2.36. The van der Waals surface area contributed by atoms with E-state index in [1.807, 2.05) is 19.1 Å². The summed E-state index contributed by atoms with van der Waals surface area (Å²) >= 11 is 0. The Bertz CT molecular complexity index is 1160. The molecule has 0 aromatic heterocycles. The van der Waals surface area contributed by atoms with Crippen LogP contribution in [-0.2, 0) is 9.59 Å². The fraction of sp³-hybridized carbons (Fsp3) is 0.250. The van der Waals surface area contributed by atoms with Crippen LogP contribution in [-0.4, -0.2) is 45.0 Å². The van der Waals surface area contributed by atoms with Crippen LogP contribution in [0.3, 0.4) is 0 Å². The Kier molecular flexibility index (Phi) is 5.87. The second-order valence-electron chi connectivity index (χ2n) is 8.07. The monoisotopic (exact) mass is 447 g/mol. The van der Waals surface area contributed by atoms with Crippen LogP contribution < -0.4 is 0 Å². The molecule has 1 heterocycles. The summed E-state index contributed by atoms with van der Waals surface area (Å²) in [5.74, 6) is -3.89. The van der Waals surface area contributed by atoms with Crippen LogP contribution in [0.5, 0.6) is 0 Å². The second-order valence-corrected chi connectivity index (χ2v) is 8.07. The summed E-state index contributed by atoms with van der Waals surface area (Å²) in [6.45, 7) is 1.24. The van der Waals surface area contributed by atoms with E-state index in [0.717, 1.165) is 16.6 Å². The number of para-hydroxylation sites is 1. The molecule has 4 rings (SSSR count). The number of benzene rings is 2. The van der Waals surface area contributed by atoms with E-state index in [4.69, 9.17) is 0 Å². The zero-order valence-corrected chi connectivity index (χ0v) is 17.8. The normalized spacial score (nSPS) is 19.4. The molecule has 168 valence electrons. The molecule has 9 heteroatoms. The van der Waals surface area contributed by atoms with Crippen molar-refractivity contribution in [1.29, 1.82) is 0 Å². The number of Topliss-reactive ketones (excluding diaryl/α,β-unsaturated/α-hetero) is 1. The number of allylic oxidation sites excluding steroid dienone is 2. The molecule has 1 fully saturated rings. The summed E-state index contributed by atoms with van der Waals surface area (Å²) in [6, 6.07) is 11.9. The number of amides is 3. The van der Waals surface area contributed by atoms with E-state index in [-0.39, 0.29) is 5.56 Å². The molecule has 2 aromatic rings. The lowest BCUT2D eigenvalue weighted by Gasteiger charge is -2.30. The molecule has 2 aromatic carbocycles. The fourth-order valence-electron chi connectivity index (χ4n) is 4.17. The first-order chi connectivity index (χ1) is 15.8. The second kappa shape index (κ2) is 8.78. The van der Waals surface area contributed by atoms with Gasteiger partial charge >= 0.3 is 0 Å². The van der Waals surface area contributed by atoms with Crippen molar-refractivity contribution in [3.05, 3.63) is 87.5 Å². The van der Waals surface area contributed by atoms with Crippen molar-refractivity contribution in [1.82, 2.24) is 10.0 Å². The van der Waals surface area contributed by atoms with Crippen molar-refractivity contribution >= 4 is 29.2 Å². The molecule has 0 N–H and O–H groups in total. The first-order valence-corrected chi connectivity index (χ1v) is 10.5. The van der Waals surface area contributed by atoms with E-state index in [0.29, 0.717) is 23.4 Å². The average Bonchev–Trinajstić information content (AvgIpc) is 3.07. The minimum Gasteiger partial charge on any atom is -0.292 e. The summed E-state index contributed by atoms with van der Waals surface area (Å²) in [6.07, 6.45) is 4.32. The average molecular weight is 447 g/mol. The maximum atomic E-state index is 13.5. The third-order valence-electron chi connectivity index (χ3n) is 5.96. The first kappa shape index (κ1) is 22.1. The Labute approximate surface area is 189 Å². The highest BCUT2D eigenvalue weighted by Gasteiger charge is 2.51. The van der Waals surface area contributed by atoms with E-state index in [1.54, 1.807) is 24.3 Å². The van der Waals surface area contributed by atoms with E-state index >= 15 is 0 Å². The zero-order valence-electron chi connectivity index (χ0n) is 17.8. The predicted octanol–water partition coefficient (Wildman–Crippen LogP) is 3.09. The van der Waals surface area contributed by atoms with Gasteiger partial charge in [0.1, 0.15) is 12.1 Å². The van der Waals surface area contributed by atoms with Crippen LogP contribution in [0, 0.1) is 28.9 Å². The number of rotatable bonds is 6. The van der Waals surface area contributed by atoms with Crippen molar-refractivity contribution in [2.75, 3.05) is 6.54 Å². The molecule has 1 aliphatic carbocycles. The SMILES string of the molecule is Cc1ccc(C(=O)CN(C(=O)c2ccccc2[N+](=O)[O-])N2C(=O)[C@H]3CC=CC[C@@H]3C2=O)cc1. The first-order valence-electron chi connectivity index (χ1n) is 10.5. The molecule has 33 heavy (non-hydrogen) atoms. The summed E-state index contributed by atoms with van der Waals surface area (Å²) in [5.41, 5.74) is 0.432. The van der Waals surface area contributed by atoms with E-state index < -0.39 is 52.5 Å². The van der Waals surface area contributed by atoms with Gasteiger partial charge in [0.25, 0.3) is 23.4 Å². The Morgan fingerprint density at radius 2 is 1.58 bits per heavy atom. The molecule has 0 radical (unpaired) electrons. The lowest BCUT2D eigenvalue weighted by Crippen LogP contribution is -2.52. The van der Waals surface area contributed by atoms with Crippen LogP contribution in [0.15, 0.2) is 60.7 Å². The van der Waals surface area contributed by atoms with Gasteiger partial charge in [0.05, 0.1) is 16.8 Å². The molecular formula is C24H21N3O6. The third kappa shape index (κ3) is 4.05. The standard InChI is InChI=1S/C24H21N3O6/c1-15-10-12-16(13-11-15)21(28)14-25(22(29)19-8-4-5-9-20(19)27(32)33)26-23(30)17-6-2-3-7-18(17)24(26)31/h2-5,8-13,17-18H,6-7,14H2,1H3/t17-,18-/m0/s1. The number of fused-ring (bicyclic) bond motifs is 1. The van der Waals surface area contributed by atoms with Crippen molar-refractivity contribution in [3.8, 4) is 0 Å². The molecule has 3 amide bonds. The molecular weight excluding hydrogens is 426 g/mol. The Morgan fingerprint density at radius 3 is 2.15 bits per heavy atom. The van der Waals surface area contributed by atoms with Gasteiger partial charge in [-0.15, -0.1) is 0 Å². The van der Waals surface area contributed by atoms with Gasteiger partial charge in [-0.1, -0.05) is 54.1 Å². The molecule has 2 aliphatic rings. The van der Waals surface area contributed by atoms with Gasteiger partial charge in [0, 0.05) is 11.6 Å². The number of ketones is 1. The number of nitro groups is 1. The van der Waals surface area contributed by atoms with Gasteiger partial charge in [-0.25, -0.2) is 5.01 Å². The van der Waals surface area contributed by atoms with Gasteiger partial charge in [0.2, 0.25) is 0 Å². The number of carbonyl (C=O) groups excluding carboxylic acids is 4. The summed E-state index contributed by atoms with van der Waals surface area (Å²) < 4.78 is 0. The summed E-state index contributed by atoms with van der Waals surface area (Å²) in [5, 5.41) is 13.0. The maximum Gasteiger partial charge on any atom is 0.282 e. The number of nitro benzene ring substituents is 1. The number of carbonyl (C=O) groups is 4. The van der Waals surface area contributed by atoms with Gasteiger partial charge in [-0.3, -0.25) is 29.3 Å². The van der Waals surface area contributed by atoms with E-state index in [2.05, 4.69) is 0 Å². The van der Waals surface area contributed by atoms with Gasteiger partial charge in [-0.2, -0.15) is 5.01 Å². The van der Waals surface area contributed by atoms with Crippen molar-refractivity contribution in [2.24, 2.45) is 11.8 Å². The number of imide groups is 1. The van der Waals surface area contributed by atoms with Crippen LogP contribution in [0.2, 0.25) is 0 Å². The fourth-order valence-corrected chi connectivity index (χ4v) is 4.17. The number of hydrogen-bond donors (Lipinski definition) is 0. The van der Waals surface area contributed by atoms with Gasteiger partial charge < -0.3 is 0 Å². The molecule has 0 spiro atoms. The lowest BCUT2D eigenvalue weighted by molar-refractivity contribution is -0.385. The molecule has 2 atom stereocenters. The van der Waals surface area contributed by atoms with Crippen molar-refractivity contribution in [3.63, 3.8) is 0 Å².